The lowest BCUT2D eigenvalue weighted by atomic mass is 10.0. The molecule has 2 aliphatic rings. The van der Waals surface area contributed by atoms with E-state index >= 15 is 0 Å². The lowest BCUT2D eigenvalue weighted by molar-refractivity contribution is -0.201. The van der Waals surface area contributed by atoms with Crippen LogP contribution in [0.15, 0.2) is 12.2 Å². The molecule has 0 radical (unpaired) electrons. The van der Waals surface area contributed by atoms with Gasteiger partial charge in [0.1, 0.15) is 6.04 Å². The number of hydrogen-bond acceptors (Lipinski definition) is 8. The SMILES string of the molecule is CCCCCCCCCC(C(=O)ON1C(=O)CC(S(=O)(=O)O)C1=O)N1C(=O)C=CC1=O. The third-order valence-electron chi connectivity index (χ3n) is 5.11. The first-order chi connectivity index (χ1) is 14.6. The molecule has 1 N–H and O–H groups in total. The van der Waals surface area contributed by atoms with E-state index in [0.29, 0.717) is 11.3 Å². The quantitative estimate of drug-likeness (QED) is 0.255. The molecule has 2 heterocycles. The maximum absolute atomic E-state index is 12.7. The molecule has 11 nitrogen and oxygen atoms in total. The molecule has 4 amide bonds. The zero-order valence-electron chi connectivity index (χ0n) is 17.2. The highest BCUT2D eigenvalue weighted by atomic mass is 32.2. The molecular formula is C19H26N2O9S. The van der Waals surface area contributed by atoms with Crippen molar-refractivity contribution in [1.29, 1.82) is 0 Å². The maximum Gasteiger partial charge on any atom is 0.355 e. The van der Waals surface area contributed by atoms with E-state index < -0.39 is 57.4 Å². The van der Waals surface area contributed by atoms with Gasteiger partial charge in [0.05, 0.1) is 6.42 Å². The van der Waals surface area contributed by atoms with Crippen LogP contribution in [-0.2, 0) is 38.9 Å². The van der Waals surface area contributed by atoms with Gasteiger partial charge < -0.3 is 4.84 Å². The Morgan fingerprint density at radius 3 is 2.13 bits per heavy atom. The van der Waals surface area contributed by atoms with Crippen molar-refractivity contribution < 1.29 is 41.8 Å². The molecule has 2 unspecified atom stereocenters. The molecule has 0 aromatic heterocycles. The van der Waals surface area contributed by atoms with Gasteiger partial charge in [-0.15, -0.1) is 5.06 Å². The molecule has 2 atom stereocenters. The molecule has 0 spiro atoms. The minimum absolute atomic E-state index is 0.0308. The van der Waals surface area contributed by atoms with E-state index in [2.05, 4.69) is 6.92 Å². The van der Waals surface area contributed by atoms with Crippen LogP contribution >= 0.6 is 0 Å². The number of carbonyl (C=O) groups excluding carboxylic acids is 5. The standard InChI is InChI=1S/C19H26N2O9S/c1-2-3-4-5-6-7-8-9-13(20-15(22)10-11-16(20)23)19(26)30-21-17(24)12-14(18(21)25)31(27,28)29/h10-11,13-14H,2-9,12H2,1H3,(H,27,28,29). The van der Waals surface area contributed by atoms with E-state index in [-0.39, 0.29) is 11.5 Å². The zero-order valence-corrected chi connectivity index (χ0v) is 18.0. The van der Waals surface area contributed by atoms with Crippen molar-refractivity contribution in [1.82, 2.24) is 9.96 Å². The van der Waals surface area contributed by atoms with Crippen molar-refractivity contribution in [3.63, 3.8) is 0 Å². The summed E-state index contributed by atoms with van der Waals surface area (Å²) in [7, 11) is -4.87. The summed E-state index contributed by atoms with van der Waals surface area (Å²) in [6.07, 6.45) is 7.63. The summed E-state index contributed by atoms with van der Waals surface area (Å²) in [5, 5.41) is -2.09. The van der Waals surface area contributed by atoms with Crippen LogP contribution in [0.3, 0.4) is 0 Å². The van der Waals surface area contributed by atoms with Crippen LogP contribution in [0, 0.1) is 0 Å². The summed E-state index contributed by atoms with van der Waals surface area (Å²) >= 11 is 0. The van der Waals surface area contributed by atoms with Gasteiger partial charge in [0.2, 0.25) is 0 Å². The summed E-state index contributed by atoms with van der Waals surface area (Å²) in [5.74, 6) is -5.22. The van der Waals surface area contributed by atoms with Gasteiger partial charge in [0, 0.05) is 12.2 Å². The van der Waals surface area contributed by atoms with Gasteiger partial charge >= 0.3 is 5.97 Å². The fraction of sp³-hybridized carbons (Fsp3) is 0.632. The summed E-state index contributed by atoms with van der Waals surface area (Å²) in [4.78, 5) is 66.2. The fourth-order valence-corrected chi connectivity index (χ4v) is 4.13. The van der Waals surface area contributed by atoms with E-state index in [0.717, 1.165) is 50.7 Å². The van der Waals surface area contributed by atoms with Gasteiger partial charge in [-0.2, -0.15) is 8.42 Å². The van der Waals surface area contributed by atoms with Crippen LogP contribution in [0.25, 0.3) is 0 Å². The van der Waals surface area contributed by atoms with Gasteiger partial charge in [-0.05, 0) is 6.42 Å². The zero-order chi connectivity index (χ0) is 23.2. The third-order valence-corrected chi connectivity index (χ3v) is 6.20. The highest BCUT2D eigenvalue weighted by Gasteiger charge is 2.49. The second-order valence-electron chi connectivity index (χ2n) is 7.45. The Balaban J connectivity index is 2.04. The van der Waals surface area contributed by atoms with Crippen molar-refractivity contribution in [3.8, 4) is 0 Å². The molecule has 2 aliphatic heterocycles. The number of hydrogen-bond donors (Lipinski definition) is 1. The van der Waals surface area contributed by atoms with Crippen LogP contribution in [0.2, 0.25) is 0 Å². The normalized spacial score (nSPS) is 20.1. The number of nitrogens with zero attached hydrogens (tertiary/aromatic N) is 2. The molecule has 0 saturated carbocycles. The molecule has 12 heteroatoms. The second-order valence-corrected chi connectivity index (χ2v) is 9.05. The molecule has 1 saturated heterocycles. The Hall–Kier alpha value is -2.60. The van der Waals surface area contributed by atoms with E-state index in [1.165, 1.54) is 0 Å². The lowest BCUT2D eigenvalue weighted by Gasteiger charge is -2.25. The van der Waals surface area contributed by atoms with Gasteiger partial charge in [-0.25, -0.2) is 4.79 Å². The number of hydroxylamine groups is 2. The topological polar surface area (TPSA) is 155 Å². The summed E-state index contributed by atoms with van der Waals surface area (Å²) < 4.78 is 31.5. The van der Waals surface area contributed by atoms with Gasteiger partial charge in [0.15, 0.2) is 5.25 Å². The summed E-state index contributed by atoms with van der Waals surface area (Å²) in [6, 6.07) is -1.38. The highest BCUT2D eigenvalue weighted by Crippen LogP contribution is 2.23. The first-order valence-corrected chi connectivity index (χ1v) is 11.7. The third kappa shape index (κ3) is 6.20. The van der Waals surface area contributed by atoms with Gasteiger partial charge in [-0.3, -0.25) is 28.6 Å². The average Bonchev–Trinajstić information content (AvgIpc) is 3.17. The Morgan fingerprint density at radius 1 is 1.06 bits per heavy atom. The van der Waals surface area contributed by atoms with Crippen molar-refractivity contribution in [3.05, 3.63) is 12.2 Å². The smallest absolute Gasteiger partial charge is 0.328 e. The van der Waals surface area contributed by atoms with Crippen molar-refractivity contribution in [2.24, 2.45) is 0 Å². The maximum atomic E-state index is 12.7. The number of carbonyl (C=O) groups is 5. The molecule has 31 heavy (non-hydrogen) atoms. The van der Waals surface area contributed by atoms with Crippen molar-refractivity contribution in [2.45, 2.75) is 76.0 Å². The number of amides is 4. The summed E-state index contributed by atoms with van der Waals surface area (Å²) in [5.41, 5.74) is 0. The van der Waals surface area contributed by atoms with Crippen molar-refractivity contribution in [2.75, 3.05) is 0 Å². The largest absolute Gasteiger partial charge is 0.355 e. The summed E-state index contributed by atoms with van der Waals surface area (Å²) in [6.45, 7) is 2.10. The van der Waals surface area contributed by atoms with Crippen LogP contribution in [0.5, 0.6) is 0 Å². The van der Waals surface area contributed by atoms with Gasteiger partial charge in [0.25, 0.3) is 33.7 Å². The monoisotopic (exact) mass is 458 g/mol. The van der Waals surface area contributed by atoms with Crippen LogP contribution < -0.4 is 0 Å². The molecular weight excluding hydrogens is 432 g/mol. The first-order valence-electron chi connectivity index (χ1n) is 10.2. The van der Waals surface area contributed by atoms with Gasteiger partial charge in [-0.1, -0.05) is 51.9 Å². The fourth-order valence-electron chi connectivity index (χ4n) is 3.43. The Bertz CT molecular complexity index is 863. The van der Waals surface area contributed by atoms with Crippen molar-refractivity contribution >= 4 is 39.7 Å². The first kappa shape index (κ1) is 24.7. The van der Waals surface area contributed by atoms with Crippen LogP contribution in [-0.4, -0.2) is 63.8 Å². The molecule has 0 bridgehead atoms. The Kier molecular flexibility index (Phi) is 8.45. The Morgan fingerprint density at radius 2 is 1.61 bits per heavy atom. The van der Waals surface area contributed by atoms with Crippen LogP contribution in [0.4, 0.5) is 0 Å². The predicted molar refractivity (Wildman–Crippen MR) is 105 cm³/mol. The molecule has 0 aliphatic carbocycles. The number of unbranched alkanes of at least 4 members (excludes halogenated alkanes) is 6. The van der Waals surface area contributed by atoms with E-state index in [1.54, 1.807) is 0 Å². The molecule has 1 fully saturated rings. The molecule has 0 aromatic carbocycles. The minimum atomic E-state index is -4.87. The number of rotatable bonds is 12. The minimum Gasteiger partial charge on any atom is -0.328 e. The molecule has 172 valence electrons. The van der Waals surface area contributed by atoms with E-state index in [9.17, 15) is 32.4 Å². The predicted octanol–water partition coefficient (Wildman–Crippen LogP) is 0.894. The Labute approximate surface area is 180 Å². The molecule has 2 rings (SSSR count). The lowest BCUT2D eigenvalue weighted by Crippen LogP contribution is -2.48. The highest BCUT2D eigenvalue weighted by molar-refractivity contribution is 7.87. The second kappa shape index (κ2) is 10.6. The van der Waals surface area contributed by atoms with E-state index in [4.69, 9.17) is 9.39 Å². The van der Waals surface area contributed by atoms with Crippen LogP contribution in [0.1, 0.15) is 64.7 Å². The number of imide groups is 2. The molecule has 0 aromatic rings. The average molecular weight is 458 g/mol. The van der Waals surface area contributed by atoms with E-state index in [1.807, 2.05) is 0 Å².